The number of nitrogens with zero attached hydrogens (tertiary/aromatic N) is 1. The van der Waals surface area contributed by atoms with E-state index in [1.807, 2.05) is 0 Å². The van der Waals surface area contributed by atoms with E-state index in [0.717, 1.165) is 0 Å². The van der Waals surface area contributed by atoms with Crippen molar-refractivity contribution in [2.45, 2.75) is 12.8 Å². The number of benzene rings is 2. The average Bonchev–Trinajstić information content (AvgIpc) is 2.47. The van der Waals surface area contributed by atoms with Crippen LogP contribution in [0.25, 0.3) is 0 Å². The van der Waals surface area contributed by atoms with Gasteiger partial charge in [0.1, 0.15) is 0 Å². The molecule has 0 spiro atoms. The molecular weight excluding hydrogens is 234 g/mol. The van der Waals surface area contributed by atoms with E-state index in [-0.39, 0.29) is 18.4 Å². The lowest BCUT2D eigenvalue weighted by Crippen LogP contribution is -2.26. The SMILES string of the molecule is C[C@@H](CO)C1c2ccccc2N(C)c2ccccc21. The van der Waals surface area contributed by atoms with Gasteiger partial charge in [-0.3, -0.25) is 0 Å². The van der Waals surface area contributed by atoms with Crippen molar-refractivity contribution < 1.29 is 5.11 Å². The minimum absolute atomic E-state index is 0.205. The molecule has 1 aliphatic heterocycles. The standard InChI is InChI=1S/C17H19NO/c1-12(11-19)17-13-7-3-5-9-15(13)18(2)16-10-6-4-8-14(16)17/h3-10,12,17,19H,11H2,1-2H3/t12-/m0/s1. The van der Waals surface area contributed by atoms with Gasteiger partial charge in [-0.1, -0.05) is 43.3 Å². The molecule has 1 atom stereocenters. The van der Waals surface area contributed by atoms with E-state index in [1.54, 1.807) is 0 Å². The van der Waals surface area contributed by atoms with Gasteiger partial charge in [0, 0.05) is 30.9 Å². The van der Waals surface area contributed by atoms with Crippen molar-refractivity contribution in [2.75, 3.05) is 18.6 Å². The van der Waals surface area contributed by atoms with Gasteiger partial charge in [-0.25, -0.2) is 0 Å². The summed E-state index contributed by atoms with van der Waals surface area (Å²) in [4.78, 5) is 2.24. The first kappa shape index (κ1) is 12.2. The fourth-order valence-corrected chi connectivity index (χ4v) is 3.13. The van der Waals surface area contributed by atoms with Gasteiger partial charge in [-0.15, -0.1) is 0 Å². The molecule has 0 radical (unpaired) electrons. The summed E-state index contributed by atoms with van der Waals surface area (Å²) in [7, 11) is 2.11. The minimum Gasteiger partial charge on any atom is -0.396 e. The van der Waals surface area contributed by atoms with Gasteiger partial charge in [0.15, 0.2) is 0 Å². The number of aliphatic hydroxyl groups excluding tert-OH is 1. The van der Waals surface area contributed by atoms with Crippen LogP contribution < -0.4 is 4.90 Å². The predicted molar refractivity (Wildman–Crippen MR) is 79.0 cm³/mol. The Kier molecular flexibility index (Phi) is 3.03. The molecule has 19 heavy (non-hydrogen) atoms. The summed E-state index contributed by atoms with van der Waals surface area (Å²) in [6.07, 6.45) is 0. The smallest absolute Gasteiger partial charge is 0.0465 e. The van der Waals surface area contributed by atoms with Gasteiger partial charge in [0.05, 0.1) is 0 Å². The highest BCUT2D eigenvalue weighted by Crippen LogP contribution is 2.47. The third kappa shape index (κ3) is 1.83. The zero-order valence-corrected chi connectivity index (χ0v) is 11.4. The third-order valence-electron chi connectivity index (χ3n) is 4.12. The number of hydrogen-bond acceptors (Lipinski definition) is 2. The summed E-state index contributed by atoms with van der Waals surface area (Å²) in [6, 6.07) is 17.0. The number of fused-ring (bicyclic) bond motifs is 2. The Bertz CT molecular complexity index is 546. The van der Waals surface area contributed by atoms with Crippen molar-refractivity contribution in [3.05, 3.63) is 59.7 Å². The molecule has 2 heteroatoms. The Morgan fingerprint density at radius 1 is 1.00 bits per heavy atom. The highest BCUT2D eigenvalue weighted by Gasteiger charge is 2.31. The van der Waals surface area contributed by atoms with Crippen molar-refractivity contribution in [2.24, 2.45) is 5.92 Å². The number of anilines is 2. The minimum atomic E-state index is 0.205. The molecule has 3 rings (SSSR count). The van der Waals surface area contributed by atoms with Crippen LogP contribution in [-0.2, 0) is 0 Å². The van der Waals surface area contributed by atoms with Gasteiger partial charge < -0.3 is 10.0 Å². The Balaban J connectivity index is 2.23. The van der Waals surface area contributed by atoms with E-state index >= 15 is 0 Å². The highest BCUT2D eigenvalue weighted by molar-refractivity contribution is 5.75. The maximum atomic E-state index is 9.59. The number of para-hydroxylation sites is 2. The summed E-state index contributed by atoms with van der Waals surface area (Å²) in [5.41, 5.74) is 5.11. The molecule has 0 fully saturated rings. The Labute approximate surface area is 114 Å². The topological polar surface area (TPSA) is 23.5 Å². The van der Waals surface area contributed by atoms with E-state index < -0.39 is 0 Å². The van der Waals surface area contributed by atoms with E-state index in [1.165, 1.54) is 22.5 Å². The van der Waals surface area contributed by atoms with Crippen molar-refractivity contribution in [1.29, 1.82) is 0 Å². The summed E-state index contributed by atoms with van der Waals surface area (Å²) in [6.45, 7) is 2.32. The second kappa shape index (κ2) is 4.71. The van der Waals surface area contributed by atoms with Crippen LogP contribution in [0.5, 0.6) is 0 Å². The van der Waals surface area contributed by atoms with Crippen molar-refractivity contribution >= 4 is 11.4 Å². The monoisotopic (exact) mass is 253 g/mol. The summed E-state index contributed by atoms with van der Waals surface area (Å²) >= 11 is 0. The maximum Gasteiger partial charge on any atom is 0.0465 e. The Morgan fingerprint density at radius 2 is 1.47 bits per heavy atom. The van der Waals surface area contributed by atoms with Crippen LogP contribution >= 0.6 is 0 Å². The van der Waals surface area contributed by atoms with Gasteiger partial charge in [-0.05, 0) is 29.2 Å². The van der Waals surface area contributed by atoms with Crippen molar-refractivity contribution in [1.82, 2.24) is 0 Å². The van der Waals surface area contributed by atoms with Crippen molar-refractivity contribution in [3.8, 4) is 0 Å². The van der Waals surface area contributed by atoms with E-state index in [4.69, 9.17) is 0 Å². The number of hydrogen-bond donors (Lipinski definition) is 1. The van der Waals surface area contributed by atoms with Crippen LogP contribution in [0, 0.1) is 5.92 Å². The van der Waals surface area contributed by atoms with Crippen LogP contribution in [0.15, 0.2) is 48.5 Å². The molecule has 1 aliphatic rings. The zero-order chi connectivity index (χ0) is 13.4. The number of rotatable bonds is 2. The third-order valence-corrected chi connectivity index (χ3v) is 4.12. The van der Waals surface area contributed by atoms with E-state index in [0.29, 0.717) is 0 Å². The molecule has 0 amide bonds. The molecule has 1 N–H and O–H groups in total. The molecule has 0 bridgehead atoms. The molecular formula is C17H19NO. The normalized spacial score (nSPS) is 15.8. The first-order valence-corrected chi connectivity index (χ1v) is 6.76. The maximum absolute atomic E-state index is 9.59. The first-order chi connectivity index (χ1) is 9.24. The first-order valence-electron chi connectivity index (χ1n) is 6.76. The van der Waals surface area contributed by atoms with Crippen LogP contribution in [0.4, 0.5) is 11.4 Å². The second-order valence-electron chi connectivity index (χ2n) is 5.31. The lowest BCUT2D eigenvalue weighted by molar-refractivity contribution is 0.225. The average molecular weight is 253 g/mol. The summed E-state index contributed by atoms with van der Waals surface area (Å²) in [5, 5.41) is 9.59. The van der Waals surface area contributed by atoms with E-state index in [9.17, 15) is 5.11 Å². The fraction of sp³-hybridized carbons (Fsp3) is 0.294. The molecule has 98 valence electrons. The zero-order valence-electron chi connectivity index (χ0n) is 11.4. The van der Waals surface area contributed by atoms with Crippen molar-refractivity contribution in [3.63, 3.8) is 0 Å². The summed E-state index contributed by atoms with van der Waals surface area (Å²) < 4.78 is 0. The lowest BCUT2D eigenvalue weighted by atomic mass is 9.78. The molecule has 0 saturated carbocycles. The predicted octanol–water partition coefficient (Wildman–Crippen LogP) is 3.53. The van der Waals surface area contributed by atoms with Gasteiger partial charge in [0.2, 0.25) is 0 Å². The fourth-order valence-electron chi connectivity index (χ4n) is 3.13. The molecule has 2 aromatic rings. The van der Waals surface area contributed by atoms with Gasteiger partial charge in [-0.2, -0.15) is 0 Å². The second-order valence-corrected chi connectivity index (χ2v) is 5.31. The summed E-state index contributed by atoms with van der Waals surface area (Å²) in [5.74, 6) is 0.490. The molecule has 0 aliphatic carbocycles. The molecule has 0 unspecified atom stereocenters. The largest absolute Gasteiger partial charge is 0.396 e. The number of aliphatic hydroxyl groups is 1. The van der Waals surface area contributed by atoms with Crippen LogP contribution in [0.3, 0.4) is 0 Å². The lowest BCUT2D eigenvalue weighted by Gasteiger charge is -2.37. The molecule has 1 heterocycles. The van der Waals surface area contributed by atoms with E-state index in [2.05, 4.69) is 67.4 Å². The van der Waals surface area contributed by atoms with Gasteiger partial charge in [0.25, 0.3) is 0 Å². The highest BCUT2D eigenvalue weighted by atomic mass is 16.3. The van der Waals surface area contributed by atoms with Gasteiger partial charge >= 0.3 is 0 Å². The Morgan fingerprint density at radius 3 is 1.95 bits per heavy atom. The molecule has 2 aromatic carbocycles. The Hall–Kier alpha value is -1.80. The molecule has 2 nitrogen and oxygen atoms in total. The molecule has 0 aromatic heterocycles. The molecule has 0 saturated heterocycles. The van der Waals surface area contributed by atoms with Crippen LogP contribution in [0.1, 0.15) is 24.0 Å². The van der Waals surface area contributed by atoms with Crippen LogP contribution in [0.2, 0.25) is 0 Å². The quantitative estimate of drug-likeness (QED) is 0.885. The van der Waals surface area contributed by atoms with Crippen LogP contribution in [-0.4, -0.2) is 18.8 Å².